The van der Waals surface area contributed by atoms with Crippen molar-refractivity contribution in [3.05, 3.63) is 77.3 Å². The molecule has 0 aromatic heterocycles. The quantitative estimate of drug-likeness (QED) is 0.407. The monoisotopic (exact) mass is 393 g/mol. The second-order valence-electron chi connectivity index (χ2n) is 6.54. The van der Waals surface area contributed by atoms with Crippen LogP contribution in [0.1, 0.15) is 25.8 Å². The molecule has 0 fully saturated rings. The number of benzene rings is 3. The molecule has 3 aromatic rings. The Bertz CT molecular complexity index is 937. The average Bonchev–Trinajstić information content (AvgIpc) is 2.74. The van der Waals surface area contributed by atoms with Gasteiger partial charge in [-0.1, -0.05) is 61.0 Å². The van der Waals surface area contributed by atoms with E-state index in [1.165, 1.54) is 5.56 Å². The van der Waals surface area contributed by atoms with Crippen molar-refractivity contribution in [2.24, 2.45) is 4.99 Å². The largest absolute Gasteiger partial charge is 0.493 e. The first kappa shape index (κ1) is 20.0. The summed E-state index contributed by atoms with van der Waals surface area (Å²) < 4.78 is 11.3. The summed E-state index contributed by atoms with van der Waals surface area (Å²) in [5.74, 6) is 1.18. The molecular formula is C24H24ClNO2. The average molecular weight is 394 g/mol. The van der Waals surface area contributed by atoms with Gasteiger partial charge in [0.25, 0.3) is 0 Å². The Hall–Kier alpha value is -2.78. The molecule has 3 rings (SSSR count). The molecule has 0 N–H and O–H groups in total. The van der Waals surface area contributed by atoms with Crippen LogP contribution in [0.15, 0.2) is 71.7 Å². The summed E-state index contributed by atoms with van der Waals surface area (Å²) in [6.07, 6.45) is 2.73. The summed E-state index contributed by atoms with van der Waals surface area (Å²) in [7, 11) is 1.61. The molecule has 0 radical (unpaired) electrons. The summed E-state index contributed by atoms with van der Waals surface area (Å²) in [5.41, 5.74) is 4.07. The summed E-state index contributed by atoms with van der Waals surface area (Å²) in [5, 5.41) is 0.514. The predicted molar refractivity (Wildman–Crippen MR) is 118 cm³/mol. The third-order valence-electron chi connectivity index (χ3n) is 4.48. The Labute approximate surface area is 171 Å². The molecule has 3 aromatic carbocycles. The zero-order chi connectivity index (χ0) is 19.9. The molecule has 0 heterocycles. The lowest BCUT2D eigenvalue weighted by Crippen LogP contribution is -2.11. The van der Waals surface area contributed by atoms with E-state index in [0.717, 1.165) is 23.2 Å². The second-order valence-corrected chi connectivity index (χ2v) is 6.95. The Balaban J connectivity index is 1.79. The fourth-order valence-corrected chi connectivity index (χ4v) is 3.00. The van der Waals surface area contributed by atoms with Gasteiger partial charge in [0.2, 0.25) is 0 Å². The van der Waals surface area contributed by atoms with Crippen LogP contribution >= 0.6 is 11.6 Å². The Morgan fingerprint density at radius 3 is 2.32 bits per heavy atom. The van der Waals surface area contributed by atoms with Crippen molar-refractivity contribution in [3.8, 4) is 22.6 Å². The second kappa shape index (κ2) is 9.43. The van der Waals surface area contributed by atoms with Crippen LogP contribution in [-0.2, 0) is 0 Å². The Morgan fingerprint density at radius 2 is 1.68 bits per heavy atom. The summed E-state index contributed by atoms with van der Waals surface area (Å²) in [6, 6.07) is 22.1. The van der Waals surface area contributed by atoms with Gasteiger partial charge < -0.3 is 9.47 Å². The van der Waals surface area contributed by atoms with Crippen LogP contribution in [0.4, 0.5) is 5.69 Å². The molecule has 3 nitrogen and oxygen atoms in total. The minimum Gasteiger partial charge on any atom is -0.493 e. The van der Waals surface area contributed by atoms with E-state index in [4.69, 9.17) is 21.1 Å². The number of aliphatic imine (C=N–C) groups is 1. The topological polar surface area (TPSA) is 30.8 Å². The van der Waals surface area contributed by atoms with Gasteiger partial charge in [-0.3, -0.25) is 4.99 Å². The molecule has 0 unspecified atom stereocenters. The highest BCUT2D eigenvalue weighted by Gasteiger charge is 2.14. The normalized spacial score (nSPS) is 12.1. The van der Waals surface area contributed by atoms with Gasteiger partial charge in [0, 0.05) is 6.21 Å². The van der Waals surface area contributed by atoms with Gasteiger partial charge >= 0.3 is 0 Å². The zero-order valence-electron chi connectivity index (χ0n) is 16.4. The van der Waals surface area contributed by atoms with E-state index >= 15 is 0 Å². The molecule has 144 valence electrons. The van der Waals surface area contributed by atoms with Gasteiger partial charge in [-0.2, -0.15) is 0 Å². The summed E-state index contributed by atoms with van der Waals surface area (Å²) >= 11 is 6.42. The van der Waals surface area contributed by atoms with Gasteiger partial charge in [-0.15, -0.1) is 0 Å². The Kier molecular flexibility index (Phi) is 6.72. The highest BCUT2D eigenvalue weighted by atomic mass is 35.5. The number of ether oxygens (including phenoxy) is 2. The first-order valence-electron chi connectivity index (χ1n) is 9.34. The minimum absolute atomic E-state index is 0.0639. The van der Waals surface area contributed by atoms with Gasteiger partial charge in [-0.05, 0) is 54.3 Å². The smallest absolute Gasteiger partial charge is 0.180 e. The lowest BCUT2D eigenvalue weighted by atomic mass is 10.1. The molecule has 0 saturated carbocycles. The molecular weight excluding hydrogens is 370 g/mol. The van der Waals surface area contributed by atoms with E-state index in [1.807, 2.05) is 49.4 Å². The SMILES string of the molecule is CC[C@@H](C)Oc1c(Cl)cc(C=Nc2ccc(-c3ccccc3)cc2)cc1OC. The molecule has 0 spiro atoms. The maximum atomic E-state index is 6.42. The number of rotatable bonds is 7. The lowest BCUT2D eigenvalue weighted by molar-refractivity contribution is 0.208. The van der Waals surface area contributed by atoms with E-state index in [0.29, 0.717) is 16.5 Å². The Morgan fingerprint density at radius 1 is 1.00 bits per heavy atom. The van der Waals surface area contributed by atoms with Crippen molar-refractivity contribution < 1.29 is 9.47 Å². The zero-order valence-corrected chi connectivity index (χ0v) is 17.1. The number of hydrogen-bond acceptors (Lipinski definition) is 3. The van der Waals surface area contributed by atoms with Crippen LogP contribution in [0.3, 0.4) is 0 Å². The molecule has 0 aliphatic heterocycles. The summed E-state index contributed by atoms with van der Waals surface area (Å²) in [4.78, 5) is 4.55. The van der Waals surface area contributed by atoms with Crippen molar-refractivity contribution >= 4 is 23.5 Å². The molecule has 1 atom stereocenters. The molecule has 0 aliphatic carbocycles. The van der Waals surface area contributed by atoms with Gasteiger partial charge in [0.05, 0.1) is 23.9 Å². The van der Waals surface area contributed by atoms with Gasteiger partial charge in [0.1, 0.15) is 0 Å². The van der Waals surface area contributed by atoms with Crippen molar-refractivity contribution in [3.63, 3.8) is 0 Å². The molecule has 0 amide bonds. The van der Waals surface area contributed by atoms with Crippen LogP contribution in [-0.4, -0.2) is 19.4 Å². The van der Waals surface area contributed by atoms with Crippen LogP contribution in [0.2, 0.25) is 5.02 Å². The van der Waals surface area contributed by atoms with Crippen molar-refractivity contribution in [1.82, 2.24) is 0 Å². The molecule has 0 aliphatic rings. The maximum Gasteiger partial charge on any atom is 0.180 e. The minimum atomic E-state index is 0.0639. The lowest BCUT2D eigenvalue weighted by Gasteiger charge is -2.17. The highest BCUT2D eigenvalue weighted by Crippen LogP contribution is 2.37. The van der Waals surface area contributed by atoms with Crippen molar-refractivity contribution in [2.45, 2.75) is 26.4 Å². The molecule has 0 saturated heterocycles. The van der Waals surface area contributed by atoms with E-state index in [1.54, 1.807) is 13.3 Å². The number of hydrogen-bond donors (Lipinski definition) is 0. The van der Waals surface area contributed by atoms with Crippen molar-refractivity contribution in [1.29, 1.82) is 0 Å². The van der Waals surface area contributed by atoms with E-state index < -0.39 is 0 Å². The standard InChI is InChI=1S/C24H24ClNO2/c1-4-17(2)28-24-22(25)14-18(15-23(24)27-3)16-26-21-12-10-20(11-13-21)19-8-6-5-7-9-19/h5-17H,4H2,1-3H3/t17-/m1/s1. The predicted octanol–water partition coefficient (Wildman–Crippen LogP) is 6.94. The maximum absolute atomic E-state index is 6.42. The third kappa shape index (κ3) is 4.93. The first-order chi connectivity index (χ1) is 13.6. The fraction of sp³-hybridized carbons (Fsp3) is 0.208. The first-order valence-corrected chi connectivity index (χ1v) is 9.72. The van der Waals surface area contributed by atoms with E-state index in [9.17, 15) is 0 Å². The number of halogens is 1. The molecule has 4 heteroatoms. The highest BCUT2D eigenvalue weighted by molar-refractivity contribution is 6.32. The fourth-order valence-electron chi connectivity index (χ4n) is 2.73. The third-order valence-corrected chi connectivity index (χ3v) is 4.76. The van der Waals surface area contributed by atoms with E-state index in [-0.39, 0.29) is 6.10 Å². The van der Waals surface area contributed by atoms with Crippen LogP contribution in [0.5, 0.6) is 11.5 Å². The number of methoxy groups -OCH3 is 1. The van der Waals surface area contributed by atoms with Crippen LogP contribution in [0, 0.1) is 0 Å². The molecule has 28 heavy (non-hydrogen) atoms. The molecule has 0 bridgehead atoms. The van der Waals surface area contributed by atoms with Crippen LogP contribution in [0.25, 0.3) is 11.1 Å². The number of nitrogens with zero attached hydrogens (tertiary/aromatic N) is 1. The van der Waals surface area contributed by atoms with Crippen molar-refractivity contribution in [2.75, 3.05) is 7.11 Å². The van der Waals surface area contributed by atoms with E-state index in [2.05, 4.69) is 36.2 Å². The van der Waals surface area contributed by atoms with Crippen LogP contribution < -0.4 is 9.47 Å². The van der Waals surface area contributed by atoms with Gasteiger partial charge in [-0.25, -0.2) is 0 Å². The summed E-state index contributed by atoms with van der Waals surface area (Å²) in [6.45, 7) is 4.07. The van der Waals surface area contributed by atoms with Gasteiger partial charge in [0.15, 0.2) is 11.5 Å².